The number of rotatable bonds is 8. The van der Waals surface area contributed by atoms with Crippen LogP contribution in [0.2, 0.25) is 0 Å². The number of H-pyrrole nitrogens is 1. The molecule has 0 radical (unpaired) electrons. The molecule has 7 nitrogen and oxygen atoms in total. The van der Waals surface area contributed by atoms with Crippen molar-refractivity contribution >= 4 is 5.96 Å². The number of ether oxygens (including phenoxy) is 1. The summed E-state index contributed by atoms with van der Waals surface area (Å²) in [5.74, 6) is 1.59. The predicted molar refractivity (Wildman–Crippen MR) is 112 cm³/mol. The number of guanidine groups is 1. The van der Waals surface area contributed by atoms with Crippen LogP contribution in [0.3, 0.4) is 0 Å². The molecular formula is C21H32N6O. The highest BCUT2D eigenvalue weighted by atomic mass is 16.5. The van der Waals surface area contributed by atoms with Gasteiger partial charge in [0.05, 0.1) is 6.10 Å². The molecule has 0 spiro atoms. The van der Waals surface area contributed by atoms with Gasteiger partial charge in [-0.15, -0.1) is 0 Å². The molecule has 0 amide bonds. The molecule has 28 heavy (non-hydrogen) atoms. The predicted octanol–water partition coefficient (Wildman–Crippen LogP) is 3.12. The van der Waals surface area contributed by atoms with Crippen molar-refractivity contribution in [1.82, 2.24) is 25.8 Å². The molecule has 1 aromatic carbocycles. The standard InChI is InChI=1S/C21H32N6O/c1-5-6-10-28-18-12-17(21(18,2)3)26-20(22-4)23-13-15-8-7-9-16(11-15)19-24-14-25-27-19/h7-9,11,14,17-18H,5-6,10,12-13H2,1-4H3,(H2,22,23,26)(H,24,25,27). The van der Waals surface area contributed by atoms with Crippen molar-refractivity contribution in [1.29, 1.82) is 0 Å². The lowest BCUT2D eigenvalue weighted by Crippen LogP contribution is -2.63. The topological polar surface area (TPSA) is 87.2 Å². The Balaban J connectivity index is 1.51. The van der Waals surface area contributed by atoms with E-state index in [0.717, 1.165) is 42.4 Å². The molecule has 1 saturated carbocycles. The van der Waals surface area contributed by atoms with Gasteiger partial charge in [-0.05, 0) is 24.5 Å². The molecule has 3 rings (SSSR count). The summed E-state index contributed by atoms with van der Waals surface area (Å²) in [4.78, 5) is 8.60. The molecule has 0 bridgehead atoms. The second kappa shape index (κ2) is 9.19. The third-order valence-corrected chi connectivity index (χ3v) is 5.60. The third-order valence-electron chi connectivity index (χ3n) is 5.60. The van der Waals surface area contributed by atoms with E-state index in [9.17, 15) is 0 Å². The second-order valence-corrected chi connectivity index (χ2v) is 7.93. The Morgan fingerprint density at radius 1 is 1.39 bits per heavy atom. The molecule has 2 aromatic rings. The van der Waals surface area contributed by atoms with E-state index in [0.29, 0.717) is 18.7 Å². The van der Waals surface area contributed by atoms with Gasteiger partial charge < -0.3 is 15.4 Å². The van der Waals surface area contributed by atoms with E-state index >= 15 is 0 Å². The van der Waals surface area contributed by atoms with E-state index in [1.54, 1.807) is 7.05 Å². The van der Waals surface area contributed by atoms with Crippen molar-refractivity contribution in [2.45, 2.75) is 58.7 Å². The van der Waals surface area contributed by atoms with E-state index in [1.807, 2.05) is 12.1 Å². The van der Waals surface area contributed by atoms with Gasteiger partial charge in [0.1, 0.15) is 6.33 Å². The van der Waals surface area contributed by atoms with E-state index in [2.05, 4.69) is 63.7 Å². The molecule has 2 unspecified atom stereocenters. The SMILES string of the molecule is CCCCOC1CC(NC(=NC)NCc2cccc(-c3ncn[nH]3)c2)C1(C)C. The zero-order valence-corrected chi connectivity index (χ0v) is 17.3. The molecule has 1 heterocycles. The molecule has 3 N–H and O–H groups in total. The average Bonchev–Trinajstić information content (AvgIpc) is 3.24. The number of aromatic nitrogens is 3. The van der Waals surface area contributed by atoms with Gasteiger partial charge in [-0.2, -0.15) is 5.10 Å². The van der Waals surface area contributed by atoms with Gasteiger partial charge in [0.2, 0.25) is 0 Å². The van der Waals surface area contributed by atoms with Gasteiger partial charge in [-0.3, -0.25) is 10.1 Å². The summed E-state index contributed by atoms with van der Waals surface area (Å²) in [6.45, 7) is 8.26. The minimum Gasteiger partial charge on any atom is -0.378 e. The van der Waals surface area contributed by atoms with Crippen molar-refractivity contribution in [3.63, 3.8) is 0 Å². The van der Waals surface area contributed by atoms with Gasteiger partial charge in [-0.1, -0.05) is 45.4 Å². The Kier molecular flexibility index (Phi) is 6.67. The average molecular weight is 385 g/mol. The zero-order chi connectivity index (χ0) is 20.0. The van der Waals surface area contributed by atoms with Crippen LogP contribution in [0.25, 0.3) is 11.4 Å². The molecule has 0 aliphatic heterocycles. The fraction of sp³-hybridized carbons (Fsp3) is 0.571. The number of hydrogen-bond donors (Lipinski definition) is 3. The Labute approximate surface area is 167 Å². The molecule has 2 atom stereocenters. The maximum atomic E-state index is 6.04. The first-order valence-corrected chi connectivity index (χ1v) is 10.1. The molecular weight excluding hydrogens is 352 g/mol. The van der Waals surface area contributed by atoms with Crippen LogP contribution in [0, 0.1) is 5.41 Å². The first-order chi connectivity index (χ1) is 13.5. The molecule has 1 aliphatic carbocycles. The van der Waals surface area contributed by atoms with Crippen molar-refractivity contribution < 1.29 is 4.74 Å². The Morgan fingerprint density at radius 3 is 2.93 bits per heavy atom. The smallest absolute Gasteiger partial charge is 0.191 e. The highest BCUT2D eigenvalue weighted by Gasteiger charge is 2.49. The highest BCUT2D eigenvalue weighted by Crippen LogP contribution is 2.42. The van der Waals surface area contributed by atoms with Gasteiger partial charge in [-0.25, -0.2) is 4.98 Å². The van der Waals surface area contributed by atoms with Crippen molar-refractivity contribution in [3.05, 3.63) is 36.2 Å². The summed E-state index contributed by atoms with van der Waals surface area (Å²) in [5, 5.41) is 13.8. The van der Waals surface area contributed by atoms with Gasteiger partial charge in [0, 0.05) is 37.2 Å². The molecule has 1 aromatic heterocycles. The first-order valence-electron chi connectivity index (χ1n) is 10.1. The maximum absolute atomic E-state index is 6.04. The van der Waals surface area contributed by atoms with Gasteiger partial charge in [0.15, 0.2) is 11.8 Å². The lowest BCUT2D eigenvalue weighted by molar-refractivity contribution is -0.113. The summed E-state index contributed by atoms with van der Waals surface area (Å²) in [6.07, 6.45) is 5.14. The lowest BCUT2D eigenvalue weighted by atomic mass is 9.64. The van der Waals surface area contributed by atoms with Crippen LogP contribution in [-0.2, 0) is 11.3 Å². The highest BCUT2D eigenvalue weighted by molar-refractivity contribution is 5.80. The number of aromatic amines is 1. The van der Waals surface area contributed by atoms with Crippen molar-refractivity contribution in [2.75, 3.05) is 13.7 Å². The lowest BCUT2D eigenvalue weighted by Gasteiger charge is -2.52. The Morgan fingerprint density at radius 2 is 2.25 bits per heavy atom. The van der Waals surface area contributed by atoms with Gasteiger partial charge in [0.25, 0.3) is 0 Å². The Hall–Kier alpha value is -2.41. The van der Waals surface area contributed by atoms with Crippen molar-refractivity contribution in [3.8, 4) is 11.4 Å². The number of nitrogens with one attached hydrogen (secondary N) is 3. The van der Waals surface area contributed by atoms with Crippen LogP contribution < -0.4 is 10.6 Å². The third kappa shape index (κ3) is 4.70. The van der Waals surface area contributed by atoms with E-state index < -0.39 is 0 Å². The monoisotopic (exact) mass is 384 g/mol. The molecule has 7 heteroatoms. The summed E-state index contributed by atoms with van der Waals surface area (Å²) < 4.78 is 6.04. The van der Waals surface area contributed by atoms with E-state index in [1.165, 1.54) is 12.7 Å². The molecule has 1 fully saturated rings. The molecule has 0 saturated heterocycles. The van der Waals surface area contributed by atoms with Crippen LogP contribution in [0.1, 0.15) is 45.6 Å². The van der Waals surface area contributed by atoms with Crippen LogP contribution in [0.15, 0.2) is 35.6 Å². The summed E-state index contributed by atoms with van der Waals surface area (Å²) in [5.41, 5.74) is 2.27. The van der Waals surface area contributed by atoms with Crippen LogP contribution in [-0.4, -0.2) is 46.9 Å². The largest absolute Gasteiger partial charge is 0.378 e. The normalized spacial score (nSPS) is 21.2. The first kappa shape index (κ1) is 20.3. The summed E-state index contributed by atoms with van der Waals surface area (Å²) in [6, 6.07) is 8.59. The molecule has 152 valence electrons. The summed E-state index contributed by atoms with van der Waals surface area (Å²) in [7, 11) is 1.81. The number of unbranched alkanes of at least 4 members (excludes halogenated alkanes) is 1. The fourth-order valence-electron chi connectivity index (χ4n) is 3.50. The fourth-order valence-corrected chi connectivity index (χ4v) is 3.50. The summed E-state index contributed by atoms with van der Waals surface area (Å²) >= 11 is 0. The van der Waals surface area contributed by atoms with Crippen LogP contribution in [0.5, 0.6) is 0 Å². The quantitative estimate of drug-likeness (QED) is 0.370. The van der Waals surface area contributed by atoms with Crippen LogP contribution >= 0.6 is 0 Å². The van der Waals surface area contributed by atoms with Crippen LogP contribution in [0.4, 0.5) is 0 Å². The second-order valence-electron chi connectivity index (χ2n) is 7.93. The number of aliphatic imine (C=N–C) groups is 1. The van der Waals surface area contributed by atoms with Crippen molar-refractivity contribution in [2.24, 2.45) is 10.4 Å². The van der Waals surface area contributed by atoms with E-state index in [4.69, 9.17) is 4.74 Å². The minimum absolute atomic E-state index is 0.0948. The number of benzene rings is 1. The molecule has 1 aliphatic rings. The Bertz CT molecular complexity index is 771. The minimum atomic E-state index is 0.0948. The number of hydrogen-bond acceptors (Lipinski definition) is 4. The zero-order valence-electron chi connectivity index (χ0n) is 17.3. The number of nitrogens with zero attached hydrogens (tertiary/aromatic N) is 3. The van der Waals surface area contributed by atoms with E-state index in [-0.39, 0.29) is 5.41 Å². The maximum Gasteiger partial charge on any atom is 0.191 e. The van der Waals surface area contributed by atoms with Gasteiger partial charge >= 0.3 is 0 Å².